The van der Waals surface area contributed by atoms with Gasteiger partial charge in [0.15, 0.2) is 0 Å². The van der Waals surface area contributed by atoms with E-state index in [4.69, 9.17) is 13.7 Å². The smallest absolute Gasteiger partial charge is 0.428 e. The fourth-order valence-electron chi connectivity index (χ4n) is 2.22. The predicted octanol–water partition coefficient (Wildman–Crippen LogP) is 1.96. The molecule has 0 spiro atoms. The lowest BCUT2D eigenvalue weighted by Gasteiger charge is -2.32. The first kappa shape index (κ1) is 14.3. The Bertz CT molecular complexity index is 592. The van der Waals surface area contributed by atoms with Crippen LogP contribution in [0.15, 0.2) is 35.1 Å². The van der Waals surface area contributed by atoms with E-state index < -0.39 is 0 Å². The molecule has 6 heteroatoms. The summed E-state index contributed by atoms with van der Waals surface area (Å²) in [5.41, 5.74) is 1.49. The number of rotatable bonds is 3. The minimum atomic E-state index is -0.326. The average molecular weight is 286 g/mol. The summed E-state index contributed by atoms with van der Waals surface area (Å²) in [5.74, 6) is 0.610. The molecule has 1 aromatic heterocycles. The molecule has 1 aromatic carbocycles. The summed E-state index contributed by atoms with van der Waals surface area (Å²) in [6, 6.07) is 8.11. The molecule has 0 saturated carbocycles. The van der Waals surface area contributed by atoms with E-state index in [2.05, 4.69) is 37.9 Å². The molecule has 0 N–H and O–H groups in total. The van der Waals surface area contributed by atoms with Gasteiger partial charge in [0.2, 0.25) is 12.3 Å². The first-order valence-corrected chi connectivity index (χ1v) is 7.07. The Morgan fingerprint density at radius 1 is 1.00 bits per heavy atom. The summed E-state index contributed by atoms with van der Waals surface area (Å²) in [4.78, 5) is 0. The lowest BCUT2D eigenvalue weighted by atomic mass is 9.79. The summed E-state index contributed by atoms with van der Waals surface area (Å²) in [6.45, 7) is 8.21. The van der Waals surface area contributed by atoms with Crippen molar-refractivity contribution in [1.29, 1.82) is 0 Å². The molecule has 0 aliphatic carbocycles. The first-order valence-electron chi connectivity index (χ1n) is 7.07. The lowest BCUT2D eigenvalue weighted by molar-refractivity contribution is 0.00578. The Kier molecular flexibility index (Phi) is 3.38. The summed E-state index contributed by atoms with van der Waals surface area (Å²) in [5, 5.41) is 7.56. The molecule has 0 radical (unpaired) electrons. The molecule has 1 saturated heterocycles. The minimum absolute atomic E-state index is 0.319. The van der Waals surface area contributed by atoms with E-state index in [-0.39, 0.29) is 18.3 Å². The Hall–Kier alpha value is -1.66. The van der Waals surface area contributed by atoms with Gasteiger partial charge in [-0.05, 0) is 38.7 Å². The van der Waals surface area contributed by atoms with Gasteiger partial charge in [-0.15, -0.1) is 10.2 Å². The van der Waals surface area contributed by atoms with Crippen molar-refractivity contribution in [1.82, 2.24) is 10.2 Å². The number of hydrogen-bond acceptors (Lipinski definition) is 5. The fraction of sp³-hybridized carbons (Fsp3) is 0.467. The second-order valence-corrected chi connectivity index (χ2v) is 6.34. The zero-order valence-electron chi connectivity index (χ0n) is 12.8. The van der Waals surface area contributed by atoms with Crippen LogP contribution in [0, 0.1) is 0 Å². The van der Waals surface area contributed by atoms with Gasteiger partial charge in [-0.2, -0.15) is 0 Å². The van der Waals surface area contributed by atoms with Crippen molar-refractivity contribution in [3.63, 3.8) is 0 Å². The van der Waals surface area contributed by atoms with Gasteiger partial charge in [0.1, 0.15) is 0 Å². The maximum atomic E-state index is 6.03. The molecule has 0 amide bonds. The molecule has 3 rings (SSSR count). The monoisotopic (exact) mass is 286 g/mol. The zero-order valence-corrected chi connectivity index (χ0v) is 12.8. The highest BCUT2D eigenvalue weighted by atomic mass is 16.7. The maximum absolute atomic E-state index is 6.03. The molecule has 21 heavy (non-hydrogen) atoms. The molecule has 1 aliphatic rings. The number of hydrogen-bond donors (Lipinski definition) is 0. The van der Waals surface area contributed by atoms with Gasteiger partial charge < -0.3 is 13.7 Å². The fourth-order valence-corrected chi connectivity index (χ4v) is 2.22. The third-order valence-electron chi connectivity index (χ3n) is 4.27. The first-order chi connectivity index (χ1) is 9.87. The summed E-state index contributed by atoms with van der Waals surface area (Å²) in [7, 11) is -0.326. The molecule has 0 bridgehead atoms. The van der Waals surface area contributed by atoms with Crippen LogP contribution in [0.1, 0.15) is 39.1 Å². The molecule has 110 valence electrons. The van der Waals surface area contributed by atoms with E-state index in [1.165, 1.54) is 6.39 Å². The summed E-state index contributed by atoms with van der Waals surface area (Å²) in [6.07, 6.45) is 1.97. The Morgan fingerprint density at radius 2 is 1.62 bits per heavy atom. The van der Waals surface area contributed by atoms with Crippen molar-refractivity contribution < 1.29 is 13.7 Å². The quantitative estimate of drug-likeness (QED) is 0.807. The lowest BCUT2D eigenvalue weighted by Crippen LogP contribution is -2.41. The molecule has 1 fully saturated rings. The van der Waals surface area contributed by atoms with Crippen molar-refractivity contribution in [3.8, 4) is 0 Å². The van der Waals surface area contributed by atoms with Crippen molar-refractivity contribution in [3.05, 3.63) is 42.1 Å². The molecule has 2 aromatic rings. The number of nitrogens with zero attached hydrogens (tertiary/aromatic N) is 2. The second kappa shape index (κ2) is 4.96. The largest absolute Gasteiger partial charge is 0.494 e. The van der Waals surface area contributed by atoms with Crippen molar-refractivity contribution >= 4 is 12.6 Å². The third kappa shape index (κ3) is 2.73. The van der Waals surface area contributed by atoms with Gasteiger partial charge in [-0.25, -0.2) is 0 Å². The molecule has 0 unspecified atom stereocenters. The SMILES string of the molecule is CC1(C)OB(c2ccc(Cc3nnco3)cc2)OC1(C)C. The van der Waals surface area contributed by atoms with E-state index in [0.717, 1.165) is 11.0 Å². The van der Waals surface area contributed by atoms with Crippen LogP contribution in [0.3, 0.4) is 0 Å². The number of aromatic nitrogens is 2. The Morgan fingerprint density at radius 3 is 2.14 bits per heavy atom. The Balaban J connectivity index is 1.73. The zero-order chi connectivity index (χ0) is 15.1. The highest BCUT2D eigenvalue weighted by Crippen LogP contribution is 2.36. The van der Waals surface area contributed by atoms with Crippen LogP contribution >= 0.6 is 0 Å². The molecule has 5 nitrogen and oxygen atoms in total. The molecular formula is C15H19BN2O3. The van der Waals surface area contributed by atoms with Crippen LogP contribution in [-0.2, 0) is 15.7 Å². The van der Waals surface area contributed by atoms with Crippen LogP contribution in [0.2, 0.25) is 0 Å². The van der Waals surface area contributed by atoms with Gasteiger partial charge in [0, 0.05) is 0 Å². The Labute approximate surface area is 124 Å². The highest BCUT2D eigenvalue weighted by Gasteiger charge is 2.51. The average Bonchev–Trinajstić information content (AvgIpc) is 2.97. The van der Waals surface area contributed by atoms with E-state index in [9.17, 15) is 0 Å². The highest BCUT2D eigenvalue weighted by molar-refractivity contribution is 6.62. The van der Waals surface area contributed by atoms with Crippen molar-refractivity contribution in [2.75, 3.05) is 0 Å². The van der Waals surface area contributed by atoms with Crippen LogP contribution in [-0.4, -0.2) is 28.5 Å². The molecular weight excluding hydrogens is 267 g/mol. The summed E-state index contributed by atoms with van der Waals surface area (Å²) >= 11 is 0. The molecule has 2 heterocycles. The van der Waals surface area contributed by atoms with Gasteiger partial charge in [0.25, 0.3) is 0 Å². The van der Waals surface area contributed by atoms with Crippen LogP contribution < -0.4 is 5.46 Å². The maximum Gasteiger partial charge on any atom is 0.494 e. The second-order valence-electron chi connectivity index (χ2n) is 6.34. The van der Waals surface area contributed by atoms with Crippen molar-refractivity contribution in [2.24, 2.45) is 0 Å². The van der Waals surface area contributed by atoms with Crippen LogP contribution in [0.4, 0.5) is 0 Å². The van der Waals surface area contributed by atoms with Crippen molar-refractivity contribution in [2.45, 2.75) is 45.3 Å². The topological polar surface area (TPSA) is 57.4 Å². The minimum Gasteiger partial charge on any atom is -0.428 e. The van der Waals surface area contributed by atoms with E-state index >= 15 is 0 Å². The van der Waals surface area contributed by atoms with Gasteiger partial charge in [0.05, 0.1) is 17.6 Å². The molecule has 0 atom stereocenters. The third-order valence-corrected chi connectivity index (χ3v) is 4.27. The van der Waals surface area contributed by atoms with Crippen LogP contribution in [0.25, 0.3) is 0 Å². The van der Waals surface area contributed by atoms with Crippen LogP contribution in [0.5, 0.6) is 0 Å². The standard InChI is InChI=1S/C15H19BN2O3/c1-14(2)15(3,4)21-16(20-14)12-7-5-11(6-8-12)9-13-18-17-10-19-13/h5-8,10H,9H2,1-4H3. The van der Waals surface area contributed by atoms with Gasteiger partial charge in [-0.1, -0.05) is 24.3 Å². The predicted molar refractivity (Wildman–Crippen MR) is 79.3 cm³/mol. The summed E-state index contributed by atoms with van der Waals surface area (Å²) < 4.78 is 17.2. The van der Waals surface area contributed by atoms with E-state index in [1.54, 1.807) is 0 Å². The normalized spacial score (nSPS) is 19.9. The van der Waals surface area contributed by atoms with Gasteiger partial charge >= 0.3 is 7.12 Å². The van der Waals surface area contributed by atoms with Gasteiger partial charge in [-0.3, -0.25) is 0 Å². The molecule has 1 aliphatic heterocycles. The van der Waals surface area contributed by atoms with E-state index in [1.807, 2.05) is 24.3 Å². The number of benzene rings is 1. The van der Waals surface area contributed by atoms with E-state index in [0.29, 0.717) is 12.3 Å².